The fourth-order valence-corrected chi connectivity index (χ4v) is 4.64. The normalized spacial score (nSPS) is 20.6. The van der Waals surface area contributed by atoms with Gasteiger partial charge in [0.1, 0.15) is 17.6 Å². The first-order chi connectivity index (χ1) is 16.3. The Morgan fingerprint density at radius 2 is 1.79 bits per heavy atom. The van der Waals surface area contributed by atoms with Gasteiger partial charge in [0.15, 0.2) is 0 Å². The number of nitrogens with zero attached hydrogens (tertiary/aromatic N) is 3. The van der Waals surface area contributed by atoms with Gasteiger partial charge in [0.05, 0.1) is 6.61 Å². The zero-order valence-corrected chi connectivity index (χ0v) is 20.9. The summed E-state index contributed by atoms with van der Waals surface area (Å²) in [5.74, 6) is 1.86. The largest absolute Gasteiger partial charge is 0.494 e. The van der Waals surface area contributed by atoms with Gasteiger partial charge in [-0.05, 0) is 69.1 Å². The molecule has 1 aromatic carbocycles. The van der Waals surface area contributed by atoms with Crippen LogP contribution >= 0.6 is 0 Å². The van der Waals surface area contributed by atoms with E-state index in [1.54, 1.807) is 4.90 Å². The number of piperidine rings is 1. The van der Waals surface area contributed by atoms with Crippen molar-refractivity contribution in [2.75, 3.05) is 26.2 Å². The fourth-order valence-electron chi connectivity index (χ4n) is 4.64. The van der Waals surface area contributed by atoms with Crippen LogP contribution in [0.15, 0.2) is 29.3 Å². The van der Waals surface area contributed by atoms with Crippen LogP contribution in [-0.2, 0) is 4.79 Å². The topological polar surface area (TPSA) is 114 Å². The Balaban J connectivity index is 1.35. The van der Waals surface area contributed by atoms with Gasteiger partial charge in [0, 0.05) is 31.6 Å². The molecule has 0 spiro atoms. The number of carbonyl (C=O) groups excluding carboxylic acids is 2. The Bertz CT molecular complexity index is 846. The Hall–Kier alpha value is -2.61. The SMILES string of the molecule is CC(C)C(N)=NC(=O)N1CCC(CCCOc2ccc([C@H](N)C(=O)N3CCC[C@H]3C)cc2)CC1. The number of carbonyl (C=O) groups is 2. The molecule has 3 amide bonds. The molecule has 0 aromatic heterocycles. The summed E-state index contributed by atoms with van der Waals surface area (Å²) in [6, 6.07) is 6.99. The van der Waals surface area contributed by atoms with Crippen molar-refractivity contribution in [2.45, 2.75) is 71.4 Å². The lowest BCUT2D eigenvalue weighted by Gasteiger charge is -2.30. The summed E-state index contributed by atoms with van der Waals surface area (Å²) >= 11 is 0. The van der Waals surface area contributed by atoms with Gasteiger partial charge in [-0.15, -0.1) is 0 Å². The lowest BCUT2D eigenvalue weighted by Crippen LogP contribution is -2.40. The second-order valence-electron chi connectivity index (χ2n) is 9.96. The van der Waals surface area contributed by atoms with Crippen molar-refractivity contribution >= 4 is 17.8 Å². The zero-order valence-electron chi connectivity index (χ0n) is 20.9. The predicted octanol–water partition coefficient (Wildman–Crippen LogP) is 3.70. The van der Waals surface area contributed by atoms with E-state index in [1.165, 1.54) is 0 Å². The average Bonchev–Trinajstić information content (AvgIpc) is 3.27. The van der Waals surface area contributed by atoms with Crippen molar-refractivity contribution in [3.63, 3.8) is 0 Å². The van der Waals surface area contributed by atoms with E-state index in [-0.39, 0.29) is 23.9 Å². The van der Waals surface area contributed by atoms with Crippen LogP contribution in [0.1, 0.15) is 70.9 Å². The van der Waals surface area contributed by atoms with Gasteiger partial charge < -0.3 is 26.0 Å². The fraction of sp³-hybridized carbons (Fsp3) is 0.654. The lowest BCUT2D eigenvalue weighted by atomic mass is 9.92. The maximum atomic E-state index is 12.7. The molecule has 0 unspecified atom stereocenters. The third-order valence-corrected chi connectivity index (χ3v) is 7.07. The Morgan fingerprint density at radius 1 is 1.12 bits per heavy atom. The van der Waals surface area contributed by atoms with E-state index < -0.39 is 6.04 Å². The first-order valence-electron chi connectivity index (χ1n) is 12.7. The first-order valence-corrected chi connectivity index (χ1v) is 12.7. The molecule has 0 radical (unpaired) electrons. The Kier molecular flexibility index (Phi) is 9.33. The quantitative estimate of drug-likeness (QED) is 0.341. The minimum Gasteiger partial charge on any atom is -0.494 e. The standard InChI is InChI=1S/C26H41N5O3/c1-18(2)24(28)29-26(33)30-15-12-20(13-16-30)7-5-17-34-22-10-8-21(9-11-22)23(27)25(32)31-14-4-6-19(31)3/h8-11,18-20,23H,4-7,12-17,27H2,1-3H3,(H2,28,29,33)/t19-,23+/m1/s1. The van der Waals surface area contributed by atoms with Crippen LogP contribution < -0.4 is 16.2 Å². The second-order valence-corrected chi connectivity index (χ2v) is 9.96. The van der Waals surface area contributed by atoms with Gasteiger partial charge in [-0.2, -0.15) is 4.99 Å². The van der Waals surface area contributed by atoms with E-state index >= 15 is 0 Å². The van der Waals surface area contributed by atoms with E-state index in [0.29, 0.717) is 18.4 Å². The molecule has 8 nitrogen and oxygen atoms in total. The maximum Gasteiger partial charge on any atom is 0.345 e. The van der Waals surface area contributed by atoms with Crippen LogP contribution in [0.2, 0.25) is 0 Å². The van der Waals surface area contributed by atoms with E-state index in [0.717, 1.165) is 69.5 Å². The highest BCUT2D eigenvalue weighted by atomic mass is 16.5. The van der Waals surface area contributed by atoms with Crippen molar-refractivity contribution < 1.29 is 14.3 Å². The second kappa shape index (κ2) is 12.2. The number of hydrogen-bond donors (Lipinski definition) is 2. The molecule has 2 atom stereocenters. The summed E-state index contributed by atoms with van der Waals surface area (Å²) in [6.45, 7) is 8.85. The van der Waals surface area contributed by atoms with Gasteiger partial charge in [-0.3, -0.25) is 4.79 Å². The molecule has 8 heteroatoms. The van der Waals surface area contributed by atoms with Crippen LogP contribution in [0.4, 0.5) is 4.79 Å². The van der Waals surface area contributed by atoms with Crippen LogP contribution in [0.5, 0.6) is 5.75 Å². The van der Waals surface area contributed by atoms with Gasteiger partial charge >= 0.3 is 6.03 Å². The highest BCUT2D eigenvalue weighted by Gasteiger charge is 2.29. The Labute approximate surface area is 203 Å². The van der Waals surface area contributed by atoms with Gasteiger partial charge in [0.2, 0.25) is 5.91 Å². The third-order valence-electron chi connectivity index (χ3n) is 7.07. The minimum absolute atomic E-state index is 0.00149. The van der Waals surface area contributed by atoms with Gasteiger partial charge in [0.25, 0.3) is 0 Å². The number of amidine groups is 1. The van der Waals surface area contributed by atoms with Gasteiger partial charge in [-0.1, -0.05) is 26.0 Å². The maximum absolute atomic E-state index is 12.7. The molecule has 2 aliphatic heterocycles. The number of aliphatic imine (C=N–C) groups is 1. The monoisotopic (exact) mass is 471 g/mol. The summed E-state index contributed by atoms with van der Waals surface area (Å²) in [5.41, 5.74) is 12.9. The van der Waals surface area contributed by atoms with Crippen molar-refractivity contribution in [1.29, 1.82) is 0 Å². The molecule has 4 N–H and O–H groups in total. The number of amides is 3. The third kappa shape index (κ3) is 6.95. The van der Waals surface area contributed by atoms with E-state index in [9.17, 15) is 9.59 Å². The van der Waals surface area contributed by atoms with Crippen LogP contribution in [0.3, 0.4) is 0 Å². The predicted molar refractivity (Wildman–Crippen MR) is 135 cm³/mol. The minimum atomic E-state index is -0.625. The summed E-state index contributed by atoms with van der Waals surface area (Å²) in [4.78, 5) is 32.6. The van der Waals surface area contributed by atoms with Gasteiger partial charge in [-0.25, -0.2) is 4.79 Å². The molecule has 1 aromatic rings. The van der Waals surface area contributed by atoms with E-state index in [2.05, 4.69) is 11.9 Å². The van der Waals surface area contributed by atoms with E-state index in [4.69, 9.17) is 16.2 Å². The molecule has 2 saturated heterocycles. The molecule has 188 valence electrons. The number of urea groups is 1. The van der Waals surface area contributed by atoms with Crippen molar-refractivity contribution in [3.8, 4) is 5.75 Å². The molecule has 34 heavy (non-hydrogen) atoms. The number of hydrogen-bond acceptors (Lipinski definition) is 4. The summed E-state index contributed by atoms with van der Waals surface area (Å²) in [6.07, 6.45) is 6.10. The number of ether oxygens (including phenoxy) is 1. The number of rotatable bonds is 8. The summed E-state index contributed by atoms with van der Waals surface area (Å²) < 4.78 is 5.90. The van der Waals surface area contributed by atoms with Crippen LogP contribution in [0, 0.1) is 11.8 Å². The van der Waals surface area contributed by atoms with Crippen LogP contribution in [-0.4, -0.2) is 59.9 Å². The van der Waals surface area contributed by atoms with Crippen molar-refractivity contribution in [3.05, 3.63) is 29.8 Å². The molecule has 0 saturated carbocycles. The molecule has 0 aliphatic carbocycles. The molecule has 2 aliphatic rings. The lowest BCUT2D eigenvalue weighted by molar-refractivity contribution is -0.133. The number of likely N-dealkylation sites (tertiary alicyclic amines) is 2. The summed E-state index contributed by atoms with van der Waals surface area (Å²) in [7, 11) is 0. The Morgan fingerprint density at radius 3 is 2.38 bits per heavy atom. The molecule has 2 fully saturated rings. The van der Waals surface area contributed by atoms with E-state index in [1.807, 2.05) is 43.0 Å². The summed E-state index contributed by atoms with van der Waals surface area (Å²) in [5, 5.41) is 0. The highest BCUT2D eigenvalue weighted by molar-refractivity contribution is 5.93. The molecular formula is C26H41N5O3. The number of nitrogens with two attached hydrogens (primary N) is 2. The zero-order chi connectivity index (χ0) is 24.7. The average molecular weight is 472 g/mol. The number of benzene rings is 1. The molecule has 2 heterocycles. The van der Waals surface area contributed by atoms with Crippen molar-refractivity contribution in [2.24, 2.45) is 28.3 Å². The molecule has 0 bridgehead atoms. The first kappa shape index (κ1) is 26.0. The molecular weight excluding hydrogens is 430 g/mol. The van der Waals surface area contributed by atoms with Crippen LogP contribution in [0.25, 0.3) is 0 Å². The van der Waals surface area contributed by atoms with Crippen molar-refractivity contribution in [1.82, 2.24) is 9.80 Å². The highest BCUT2D eigenvalue weighted by Crippen LogP contribution is 2.25. The molecule has 3 rings (SSSR count). The smallest absolute Gasteiger partial charge is 0.345 e.